The molecule has 0 aromatic carbocycles. The third-order valence-corrected chi connectivity index (χ3v) is 4.55. The Kier molecular flexibility index (Phi) is 3.91. The Morgan fingerprint density at radius 2 is 1.88 bits per heavy atom. The van der Waals surface area contributed by atoms with Gasteiger partial charge in [-0.15, -0.1) is 0 Å². The number of alkyl halides is 3. The Hall–Kier alpha value is -2.48. The molecule has 0 atom stereocenters. The number of rotatable bonds is 2. The lowest BCUT2D eigenvalue weighted by atomic mass is 9.93. The van der Waals surface area contributed by atoms with E-state index in [0.29, 0.717) is 16.7 Å². The Morgan fingerprint density at radius 1 is 1.08 bits per heavy atom. The molecule has 0 bridgehead atoms. The Balaban J connectivity index is 1.88. The van der Waals surface area contributed by atoms with E-state index >= 15 is 0 Å². The molecule has 130 valence electrons. The van der Waals surface area contributed by atoms with Gasteiger partial charge in [0, 0.05) is 23.2 Å². The van der Waals surface area contributed by atoms with Gasteiger partial charge in [0.25, 0.3) is 0 Å². The van der Waals surface area contributed by atoms with Crippen LogP contribution in [-0.4, -0.2) is 33.3 Å². The molecule has 1 aliphatic rings. The summed E-state index contributed by atoms with van der Waals surface area (Å²) >= 11 is 0. The van der Waals surface area contributed by atoms with E-state index in [1.165, 1.54) is 6.07 Å². The molecule has 1 saturated heterocycles. The van der Waals surface area contributed by atoms with Crippen LogP contribution in [0.15, 0.2) is 30.5 Å². The summed E-state index contributed by atoms with van der Waals surface area (Å²) in [6.07, 6.45) is -1.21. The van der Waals surface area contributed by atoms with Crippen molar-refractivity contribution in [3.05, 3.63) is 41.7 Å². The number of H-pyrrole nitrogens is 1. The second kappa shape index (κ2) is 6.11. The van der Waals surface area contributed by atoms with Gasteiger partial charge in [0.15, 0.2) is 5.65 Å². The van der Waals surface area contributed by atoms with Gasteiger partial charge < -0.3 is 5.32 Å². The molecule has 0 aliphatic carbocycles. The lowest BCUT2D eigenvalue weighted by Gasteiger charge is -2.23. The predicted molar refractivity (Wildman–Crippen MR) is 87.0 cm³/mol. The Labute approximate surface area is 141 Å². The van der Waals surface area contributed by atoms with Gasteiger partial charge in [-0.25, -0.2) is 4.98 Å². The number of nitrogens with zero attached hydrogens (tertiary/aromatic N) is 3. The first kappa shape index (κ1) is 16.0. The maximum atomic E-state index is 13.5. The van der Waals surface area contributed by atoms with Gasteiger partial charge in [-0.05, 0) is 50.2 Å². The molecule has 25 heavy (non-hydrogen) atoms. The normalized spacial score (nSPS) is 16.4. The highest BCUT2D eigenvalue weighted by molar-refractivity contribution is 5.90. The smallest absolute Gasteiger partial charge is 0.317 e. The minimum Gasteiger partial charge on any atom is -0.317 e. The molecule has 3 aromatic rings. The summed E-state index contributed by atoms with van der Waals surface area (Å²) in [6, 6.07) is 5.99. The van der Waals surface area contributed by atoms with Crippen LogP contribution in [0, 0.1) is 0 Å². The topological polar surface area (TPSA) is 66.5 Å². The second-order valence-electron chi connectivity index (χ2n) is 6.13. The number of piperidine rings is 1. The summed E-state index contributed by atoms with van der Waals surface area (Å²) in [7, 11) is 0. The Bertz CT molecular complexity index is 897. The van der Waals surface area contributed by atoms with Crippen molar-refractivity contribution < 1.29 is 13.2 Å². The van der Waals surface area contributed by atoms with Crippen LogP contribution in [0.1, 0.15) is 30.0 Å². The van der Waals surface area contributed by atoms with Crippen LogP contribution < -0.4 is 5.32 Å². The number of aromatic amines is 1. The fourth-order valence-corrected chi connectivity index (χ4v) is 3.27. The molecule has 0 unspecified atom stereocenters. The van der Waals surface area contributed by atoms with Crippen molar-refractivity contribution in [3.63, 3.8) is 0 Å². The minimum absolute atomic E-state index is 0.112. The van der Waals surface area contributed by atoms with E-state index in [4.69, 9.17) is 0 Å². The van der Waals surface area contributed by atoms with E-state index in [-0.39, 0.29) is 17.3 Å². The number of aromatic nitrogens is 4. The number of hydrogen-bond donors (Lipinski definition) is 2. The maximum Gasteiger partial charge on any atom is 0.418 e. The number of halogens is 3. The molecular formula is C17H16F3N5. The van der Waals surface area contributed by atoms with Crippen molar-refractivity contribution in [2.45, 2.75) is 24.9 Å². The first-order chi connectivity index (χ1) is 12.0. The summed E-state index contributed by atoms with van der Waals surface area (Å²) in [5, 5.41) is 10.5. The minimum atomic E-state index is -4.49. The molecule has 0 radical (unpaired) electrons. The summed E-state index contributed by atoms with van der Waals surface area (Å²) < 4.78 is 40.5. The van der Waals surface area contributed by atoms with Gasteiger partial charge in [-0.2, -0.15) is 18.3 Å². The van der Waals surface area contributed by atoms with Crippen LogP contribution >= 0.6 is 0 Å². The average Bonchev–Trinajstić information content (AvgIpc) is 3.05. The van der Waals surface area contributed by atoms with E-state index in [1.54, 1.807) is 18.3 Å². The monoisotopic (exact) mass is 347 g/mol. The number of fused-ring (bicyclic) bond motifs is 1. The zero-order valence-electron chi connectivity index (χ0n) is 13.3. The van der Waals surface area contributed by atoms with Gasteiger partial charge in [-0.1, -0.05) is 0 Å². The molecule has 1 fully saturated rings. The zero-order valence-corrected chi connectivity index (χ0v) is 13.3. The summed E-state index contributed by atoms with van der Waals surface area (Å²) in [5.41, 5.74) is 0.445. The molecule has 0 saturated carbocycles. The van der Waals surface area contributed by atoms with Crippen LogP contribution in [0.3, 0.4) is 0 Å². The number of hydrogen-bond acceptors (Lipinski definition) is 4. The van der Waals surface area contributed by atoms with Gasteiger partial charge in [0.2, 0.25) is 0 Å². The van der Waals surface area contributed by atoms with Crippen molar-refractivity contribution in [1.29, 1.82) is 0 Å². The highest BCUT2D eigenvalue weighted by Crippen LogP contribution is 2.38. The van der Waals surface area contributed by atoms with E-state index in [2.05, 4.69) is 25.5 Å². The van der Waals surface area contributed by atoms with Crippen LogP contribution in [0.4, 0.5) is 13.2 Å². The molecule has 8 heteroatoms. The van der Waals surface area contributed by atoms with Gasteiger partial charge >= 0.3 is 6.18 Å². The Morgan fingerprint density at radius 3 is 2.64 bits per heavy atom. The maximum absolute atomic E-state index is 13.5. The van der Waals surface area contributed by atoms with Crippen molar-refractivity contribution in [2.24, 2.45) is 0 Å². The third-order valence-electron chi connectivity index (χ3n) is 4.55. The van der Waals surface area contributed by atoms with E-state index < -0.39 is 11.7 Å². The van der Waals surface area contributed by atoms with Gasteiger partial charge in [0.05, 0.1) is 11.3 Å². The molecule has 2 N–H and O–H groups in total. The standard InChI is InChI=1S/C17H16F3N5/c18-17(19,20)12-3-4-13(10-5-8-21-9-6-10)23-15(12)14-11-2-1-7-22-16(11)25-24-14/h1-4,7,10,21H,5-6,8-9H2,(H,22,24,25). The fraction of sp³-hybridized carbons (Fsp3) is 0.353. The molecule has 3 aromatic heterocycles. The fourth-order valence-electron chi connectivity index (χ4n) is 3.27. The number of nitrogens with one attached hydrogen (secondary N) is 2. The SMILES string of the molecule is FC(F)(F)c1ccc(C2CCNCC2)nc1-c1[nH]nc2ncccc12. The molecule has 1 aliphatic heterocycles. The van der Waals surface area contributed by atoms with Crippen LogP contribution in [0.5, 0.6) is 0 Å². The van der Waals surface area contributed by atoms with Crippen molar-refractivity contribution in [3.8, 4) is 11.4 Å². The van der Waals surface area contributed by atoms with Crippen LogP contribution in [0.25, 0.3) is 22.4 Å². The quantitative estimate of drug-likeness (QED) is 0.745. The molecular weight excluding hydrogens is 331 g/mol. The first-order valence-corrected chi connectivity index (χ1v) is 8.12. The van der Waals surface area contributed by atoms with E-state index in [9.17, 15) is 13.2 Å². The zero-order chi connectivity index (χ0) is 17.4. The lowest BCUT2D eigenvalue weighted by molar-refractivity contribution is -0.137. The summed E-state index contributed by atoms with van der Waals surface area (Å²) in [5.74, 6) is 0.162. The third kappa shape index (κ3) is 2.97. The number of pyridine rings is 2. The lowest BCUT2D eigenvalue weighted by Crippen LogP contribution is -2.27. The van der Waals surface area contributed by atoms with Crippen molar-refractivity contribution in [2.75, 3.05) is 13.1 Å². The second-order valence-corrected chi connectivity index (χ2v) is 6.13. The molecule has 0 amide bonds. The molecule has 4 heterocycles. The van der Waals surface area contributed by atoms with Crippen molar-refractivity contribution >= 4 is 11.0 Å². The highest BCUT2D eigenvalue weighted by Gasteiger charge is 2.36. The van der Waals surface area contributed by atoms with Gasteiger partial charge in [0.1, 0.15) is 5.69 Å². The summed E-state index contributed by atoms with van der Waals surface area (Å²) in [6.45, 7) is 1.69. The van der Waals surface area contributed by atoms with Crippen molar-refractivity contribution in [1.82, 2.24) is 25.5 Å². The van der Waals surface area contributed by atoms with E-state index in [1.807, 2.05) is 0 Å². The van der Waals surface area contributed by atoms with Gasteiger partial charge in [-0.3, -0.25) is 10.1 Å². The highest BCUT2D eigenvalue weighted by atomic mass is 19.4. The predicted octanol–water partition coefficient (Wildman–Crippen LogP) is 3.51. The first-order valence-electron chi connectivity index (χ1n) is 8.12. The van der Waals surface area contributed by atoms with E-state index in [0.717, 1.165) is 32.0 Å². The largest absolute Gasteiger partial charge is 0.418 e. The molecule has 5 nitrogen and oxygen atoms in total. The molecule has 0 spiro atoms. The van der Waals surface area contributed by atoms with Crippen LogP contribution in [0.2, 0.25) is 0 Å². The summed E-state index contributed by atoms with van der Waals surface area (Å²) in [4.78, 5) is 8.48. The average molecular weight is 347 g/mol. The molecule has 4 rings (SSSR count). The van der Waals surface area contributed by atoms with Crippen LogP contribution in [-0.2, 0) is 6.18 Å².